The van der Waals surface area contributed by atoms with Crippen molar-refractivity contribution in [2.75, 3.05) is 6.54 Å². The van der Waals surface area contributed by atoms with E-state index in [9.17, 15) is 13.2 Å². The third-order valence-electron chi connectivity index (χ3n) is 2.00. The number of rotatable bonds is 2. The van der Waals surface area contributed by atoms with Crippen LogP contribution in [0.15, 0.2) is 12.3 Å². The molecule has 1 rings (SSSR count). The first-order valence-corrected chi connectivity index (χ1v) is 4.11. The number of aromatic nitrogens is 2. The highest BCUT2D eigenvalue weighted by Crippen LogP contribution is 2.28. The van der Waals surface area contributed by atoms with Gasteiger partial charge < -0.3 is 5.73 Å². The maximum absolute atomic E-state index is 12.2. The number of nitrogens with two attached hydrogens (primary N) is 1. The molecule has 0 aromatic carbocycles. The lowest BCUT2D eigenvalue weighted by Gasteiger charge is -2.22. The van der Waals surface area contributed by atoms with Gasteiger partial charge in [-0.1, -0.05) is 0 Å². The van der Waals surface area contributed by atoms with Gasteiger partial charge >= 0.3 is 6.18 Å². The van der Waals surface area contributed by atoms with Crippen molar-refractivity contribution in [3.05, 3.63) is 18.0 Å². The van der Waals surface area contributed by atoms with Crippen LogP contribution in [0.1, 0.15) is 19.5 Å². The van der Waals surface area contributed by atoms with Crippen LogP contribution in [0.25, 0.3) is 0 Å². The summed E-state index contributed by atoms with van der Waals surface area (Å²) in [7, 11) is 0. The zero-order chi connectivity index (χ0) is 11.0. The molecular weight excluding hydrogens is 195 g/mol. The molecule has 2 N–H and O–H groups in total. The van der Waals surface area contributed by atoms with Crippen molar-refractivity contribution in [2.24, 2.45) is 5.73 Å². The lowest BCUT2D eigenvalue weighted by atomic mass is 10.1. The van der Waals surface area contributed by atoms with E-state index < -0.39 is 17.4 Å². The number of halogens is 3. The number of hydrogen-bond donors (Lipinski definition) is 1. The molecule has 6 heteroatoms. The third-order valence-corrected chi connectivity index (χ3v) is 2.00. The highest BCUT2D eigenvalue weighted by molar-refractivity contribution is 5.04. The topological polar surface area (TPSA) is 43.8 Å². The molecule has 1 heterocycles. The highest BCUT2D eigenvalue weighted by atomic mass is 19.4. The van der Waals surface area contributed by atoms with Crippen molar-refractivity contribution in [3.8, 4) is 0 Å². The maximum Gasteiger partial charge on any atom is 0.435 e. The van der Waals surface area contributed by atoms with Gasteiger partial charge in [-0.15, -0.1) is 0 Å². The highest BCUT2D eigenvalue weighted by Gasteiger charge is 2.34. The Labute approximate surface area is 79.7 Å². The minimum atomic E-state index is -4.39. The molecule has 0 aliphatic heterocycles. The molecule has 0 aliphatic carbocycles. The van der Waals surface area contributed by atoms with Crippen LogP contribution in [0.5, 0.6) is 0 Å². The minimum Gasteiger partial charge on any atom is -0.328 e. The summed E-state index contributed by atoms with van der Waals surface area (Å²) in [5, 5.41) is 3.44. The largest absolute Gasteiger partial charge is 0.435 e. The summed E-state index contributed by atoms with van der Waals surface area (Å²) in [4.78, 5) is 0. The van der Waals surface area contributed by atoms with Crippen LogP contribution in [0, 0.1) is 0 Å². The fourth-order valence-electron chi connectivity index (χ4n) is 0.906. The van der Waals surface area contributed by atoms with Gasteiger partial charge in [0.1, 0.15) is 0 Å². The van der Waals surface area contributed by atoms with Gasteiger partial charge in [-0.05, 0) is 19.9 Å². The van der Waals surface area contributed by atoms with Crippen LogP contribution in [-0.4, -0.2) is 16.3 Å². The molecule has 0 atom stereocenters. The number of nitrogens with zero attached hydrogens (tertiary/aromatic N) is 2. The van der Waals surface area contributed by atoms with Crippen LogP contribution in [0.3, 0.4) is 0 Å². The van der Waals surface area contributed by atoms with Crippen LogP contribution < -0.4 is 5.73 Å². The van der Waals surface area contributed by atoms with Gasteiger partial charge in [-0.2, -0.15) is 18.3 Å². The Balaban J connectivity index is 3.00. The van der Waals surface area contributed by atoms with E-state index >= 15 is 0 Å². The molecule has 0 saturated carbocycles. The molecule has 0 aliphatic rings. The lowest BCUT2D eigenvalue weighted by Crippen LogP contribution is -2.35. The van der Waals surface area contributed by atoms with E-state index in [-0.39, 0.29) is 6.54 Å². The van der Waals surface area contributed by atoms with E-state index in [4.69, 9.17) is 5.73 Å². The molecule has 80 valence electrons. The summed E-state index contributed by atoms with van der Waals surface area (Å²) >= 11 is 0. The molecule has 0 amide bonds. The van der Waals surface area contributed by atoms with Gasteiger partial charge in [0, 0.05) is 12.7 Å². The Kier molecular flexibility index (Phi) is 2.58. The predicted molar refractivity (Wildman–Crippen MR) is 45.6 cm³/mol. The second kappa shape index (κ2) is 3.27. The standard InChI is InChI=1S/C8H12F3N3/c1-7(2,5-12)14-4-3-6(13-14)8(9,10)11/h3-4H,5,12H2,1-2H3. The molecular formula is C8H12F3N3. The smallest absolute Gasteiger partial charge is 0.328 e. The Morgan fingerprint density at radius 3 is 2.36 bits per heavy atom. The monoisotopic (exact) mass is 207 g/mol. The average molecular weight is 207 g/mol. The van der Waals surface area contributed by atoms with Gasteiger partial charge in [-0.3, -0.25) is 4.68 Å². The molecule has 0 spiro atoms. The van der Waals surface area contributed by atoms with E-state index in [1.165, 1.54) is 10.9 Å². The van der Waals surface area contributed by atoms with Crippen molar-refractivity contribution >= 4 is 0 Å². The Morgan fingerprint density at radius 2 is 2.00 bits per heavy atom. The average Bonchev–Trinajstić information content (AvgIpc) is 2.51. The van der Waals surface area contributed by atoms with E-state index in [1.54, 1.807) is 13.8 Å². The zero-order valence-electron chi connectivity index (χ0n) is 7.97. The Morgan fingerprint density at radius 1 is 1.43 bits per heavy atom. The van der Waals surface area contributed by atoms with Gasteiger partial charge in [0.05, 0.1) is 5.54 Å². The van der Waals surface area contributed by atoms with E-state index in [2.05, 4.69) is 5.10 Å². The molecule has 0 fully saturated rings. The minimum absolute atomic E-state index is 0.228. The molecule has 3 nitrogen and oxygen atoms in total. The summed E-state index contributed by atoms with van der Waals surface area (Å²) in [5.41, 5.74) is 3.93. The Hall–Kier alpha value is -1.04. The fraction of sp³-hybridized carbons (Fsp3) is 0.625. The molecule has 0 bridgehead atoms. The normalized spacial score (nSPS) is 13.3. The van der Waals surface area contributed by atoms with Crippen LogP contribution in [-0.2, 0) is 11.7 Å². The second-order valence-corrected chi connectivity index (χ2v) is 3.66. The first-order chi connectivity index (χ1) is 6.27. The maximum atomic E-state index is 12.2. The molecule has 1 aromatic heterocycles. The van der Waals surface area contributed by atoms with Gasteiger partial charge in [0.15, 0.2) is 5.69 Å². The molecule has 1 aromatic rings. The van der Waals surface area contributed by atoms with Crippen molar-refractivity contribution < 1.29 is 13.2 Å². The van der Waals surface area contributed by atoms with E-state index in [0.717, 1.165) is 6.07 Å². The van der Waals surface area contributed by atoms with Gasteiger partial charge in [-0.25, -0.2) is 0 Å². The van der Waals surface area contributed by atoms with Crippen molar-refractivity contribution in [3.63, 3.8) is 0 Å². The first-order valence-electron chi connectivity index (χ1n) is 4.11. The Bertz CT molecular complexity index is 314. The van der Waals surface area contributed by atoms with Crippen molar-refractivity contribution in [2.45, 2.75) is 25.6 Å². The quantitative estimate of drug-likeness (QED) is 0.800. The molecule has 0 radical (unpaired) electrons. The molecule has 14 heavy (non-hydrogen) atoms. The fourth-order valence-corrected chi connectivity index (χ4v) is 0.906. The summed E-state index contributed by atoms with van der Waals surface area (Å²) in [6.45, 7) is 3.67. The van der Waals surface area contributed by atoms with Gasteiger partial charge in [0.25, 0.3) is 0 Å². The first kappa shape index (κ1) is 11.0. The second-order valence-electron chi connectivity index (χ2n) is 3.66. The van der Waals surface area contributed by atoms with Crippen molar-refractivity contribution in [1.82, 2.24) is 9.78 Å². The summed E-state index contributed by atoms with van der Waals surface area (Å²) in [6.07, 6.45) is -3.11. The predicted octanol–water partition coefficient (Wildman–Crippen LogP) is 1.60. The number of alkyl halides is 3. The third kappa shape index (κ3) is 2.06. The van der Waals surface area contributed by atoms with Crippen LogP contribution in [0.2, 0.25) is 0 Å². The molecule has 0 saturated heterocycles. The van der Waals surface area contributed by atoms with Crippen LogP contribution >= 0.6 is 0 Å². The van der Waals surface area contributed by atoms with E-state index in [1.807, 2.05) is 0 Å². The van der Waals surface area contributed by atoms with Gasteiger partial charge in [0.2, 0.25) is 0 Å². The summed E-state index contributed by atoms with van der Waals surface area (Å²) in [5.74, 6) is 0. The summed E-state index contributed by atoms with van der Waals surface area (Å²) in [6, 6.07) is 0.942. The van der Waals surface area contributed by atoms with Crippen LogP contribution in [0.4, 0.5) is 13.2 Å². The summed E-state index contributed by atoms with van der Waals surface area (Å²) < 4.78 is 37.8. The molecule has 0 unspecified atom stereocenters. The number of hydrogen-bond acceptors (Lipinski definition) is 2. The van der Waals surface area contributed by atoms with Crippen molar-refractivity contribution in [1.29, 1.82) is 0 Å². The lowest BCUT2D eigenvalue weighted by molar-refractivity contribution is -0.141. The SMILES string of the molecule is CC(C)(CN)n1ccc(C(F)(F)F)n1. The van der Waals surface area contributed by atoms with E-state index in [0.29, 0.717) is 0 Å². The zero-order valence-corrected chi connectivity index (χ0v) is 7.97.